The molecule has 0 saturated carbocycles. The van der Waals surface area contributed by atoms with E-state index in [-0.39, 0.29) is 5.56 Å². The Balaban J connectivity index is 1.99. The number of halogens is 1. The summed E-state index contributed by atoms with van der Waals surface area (Å²) in [6.45, 7) is 1.97. The Morgan fingerprint density at radius 3 is 2.90 bits per heavy atom. The van der Waals surface area contributed by atoms with Gasteiger partial charge in [0.1, 0.15) is 5.82 Å². The van der Waals surface area contributed by atoms with Gasteiger partial charge in [-0.1, -0.05) is 6.07 Å². The second-order valence-corrected chi connectivity index (χ2v) is 4.53. The number of nitrogens with two attached hydrogens (primary N) is 1. The van der Waals surface area contributed by atoms with E-state index in [4.69, 9.17) is 5.73 Å². The molecule has 20 heavy (non-hydrogen) atoms. The van der Waals surface area contributed by atoms with Gasteiger partial charge >= 0.3 is 0 Å². The molecule has 0 aliphatic heterocycles. The molecule has 0 unspecified atom stereocenters. The lowest BCUT2D eigenvalue weighted by Crippen LogP contribution is -2.27. The highest BCUT2D eigenvalue weighted by Crippen LogP contribution is 2.16. The molecule has 0 saturated heterocycles. The van der Waals surface area contributed by atoms with Crippen molar-refractivity contribution in [2.24, 2.45) is 0 Å². The number of nitrogens with one attached hydrogen (secondary N) is 1. The number of hydrogen-bond donors (Lipinski definition) is 2. The average molecular weight is 273 g/mol. The summed E-state index contributed by atoms with van der Waals surface area (Å²) in [6.07, 6.45) is 2.29. The first-order valence-corrected chi connectivity index (χ1v) is 6.31. The molecule has 0 radical (unpaired) electrons. The first-order valence-electron chi connectivity index (χ1n) is 6.31. The van der Waals surface area contributed by atoms with Crippen molar-refractivity contribution in [3.8, 4) is 0 Å². The maximum Gasteiger partial charge on any atom is 0.254 e. The van der Waals surface area contributed by atoms with Crippen LogP contribution < -0.4 is 11.1 Å². The van der Waals surface area contributed by atoms with Crippen LogP contribution in [0.5, 0.6) is 0 Å². The Morgan fingerprint density at radius 2 is 2.20 bits per heavy atom. The number of hydrogen-bond acceptors (Lipinski definition) is 3. The number of carbonyl (C=O) groups is 1. The maximum atomic E-state index is 13.9. The highest BCUT2D eigenvalue weighted by Gasteiger charge is 2.14. The molecule has 0 bridgehead atoms. The quantitative estimate of drug-likeness (QED) is 0.838. The summed E-state index contributed by atoms with van der Waals surface area (Å²) in [6, 6.07) is 8.42. The molecule has 0 atom stereocenters. The van der Waals surface area contributed by atoms with E-state index in [2.05, 4.69) is 10.3 Å². The molecule has 1 amide bonds. The Hall–Kier alpha value is -2.43. The van der Waals surface area contributed by atoms with Crippen molar-refractivity contribution < 1.29 is 9.18 Å². The van der Waals surface area contributed by atoms with Gasteiger partial charge in [0.25, 0.3) is 5.91 Å². The zero-order valence-electron chi connectivity index (χ0n) is 11.2. The monoisotopic (exact) mass is 273 g/mol. The minimum Gasteiger partial charge on any atom is -0.399 e. The van der Waals surface area contributed by atoms with Gasteiger partial charge in [-0.05, 0) is 36.8 Å². The largest absolute Gasteiger partial charge is 0.399 e. The van der Waals surface area contributed by atoms with E-state index in [1.54, 1.807) is 13.1 Å². The number of benzene rings is 1. The lowest BCUT2D eigenvalue weighted by atomic mass is 10.1. The summed E-state index contributed by atoms with van der Waals surface area (Å²) in [5.74, 6) is -0.997. The van der Waals surface area contributed by atoms with Crippen LogP contribution in [-0.4, -0.2) is 17.4 Å². The average Bonchev–Trinajstić information content (AvgIpc) is 2.44. The summed E-state index contributed by atoms with van der Waals surface area (Å²) in [5, 5.41) is 2.67. The number of amides is 1. The number of aryl methyl sites for hydroxylation is 1. The van der Waals surface area contributed by atoms with Crippen LogP contribution in [0.3, 0.4) is 0 Å². The van der Waals surface area contributed by atoms with E-state index in [1.807, 2.05) is 18.2 Å². The maximum absolute atomic E-state index is 13.9. The minimum absolute atomic E-state index is 0.0245. The van der Waals surface area contributed by atoms with Gasteiger partial charge in [-0.25, -0.2) is 4.39 Å². The smallest absolute Gasteiger partial charge is 0.254 e. The van der Waals surface area contributed by atoms with Crippen molar-refractivity contribution in [2.45, 2.75) is 13.3 Å². The van der Waals surface area contributed by atoms with Gasteiger partial charge in [-0.3, -0.25) is 9.78 Å². The van der Waals surface area contributed by atoms with Gasteiger partial charge in [0, 0.05) is 30.5 Å². The molecule has 2 rings (SSSR count). The Labute approximate surface area is 116 Å². The molecular weight excluding hydrogens is 257 g/mol. The van der Waals surface area contributed by atoms with Gasteiger partial charge in [-0.2, -0.15) is 0 Å². The molecule has 0 fully saturated rings. The van der Waals surface area contributed by atoms with Gasteiger partial charge in [-0.15, -0.1) is 0 Å². The lowest BCUT2D eigenvalue weighted by Gasteiger charge is -2.08. The summed E-state index contributed by atoms with van der Waals surface area (Å²) in [4.78, 5) is 16.1. The van der Waals surface area contributed by atoms with E-state index >= 15 is 0 Å². The fraction of sp³-hybridized carbons (Fsp3) is 0.200. The molecule has 1 aromatic heterocycles. The lowest BCUT2D eigenvalue weighted by molar-refractivity contribution is 0.0950. The van der Waals surface area contributed by atoms with E-state index in [9.17, 15) is 9.18 Å². The van der Waals surface area contributed by atoms with Crippen LogP contribution in [-0.2, 0) is 6.42 Å². The van der Waals surface area contributed by atoms with Crippen molar-refractivity contribution in [1.29, 1.82) is 0 Å². The number of carbonyl (C=O) groups excluding carboxylic acids is 1. The van der Waals surface area contributed by atoms with Crippen molar-refractivity contribution >= 4 is 11.6 Å². The molecule has 2 aromatic rings. The molecule has 3 N–H and O–H groups in total. The van der Waals surface area contributed by atoms with Crippen LogP contribution in [0.4, 0.5) is 10.1 Å². The van der Waals surface area contributed by atoms with Gasteiger partial charge in [0.05, 0.1) is 5.56 Å². The molecular formula is C15H16FN3O. The Kier molecular flexibility index (Phi) is 4.30. The normalized spacial score (nSPS) is 10.3. The number of rotatable bonds is 4. The van der Waals surface area contributed by atoms with Crippen molar-refractivity contribution in [2.75, 3.05) is 12.3 Å². The minimum atomic E-state index is -0.533. The Bertz CT molecular complexity index is 614. The zero-order valence-corrected chi connectivity index (χ0v) is 11.2. The van der Waals surface area contributed by atoms with E-state index in [0.29, 0.717) is 24.2 Å². The van der Waals surface area contributed by atoms with Crippen molar-refractivity contribution in [3.05, 3.63) is 59.2 Å². The highest BCUT2D eigenvalue weighted by molar-refractivity contribution is 5.95. The standard InChI is InChI=1S/C15H16FN3O/c1-10-8-11(17)9-13(14(10)16)15(20)19-7-5-12-4-2-3-6-18-12/h2-4,6,8-9H,5,7,17H2,1H3,(H,19,20). The first-order chi connectivity index (χ1) is 9.58. The predicted octanol–water partition coefficient (Wildman–Crippen LogP) is 2.08. The summed E-state index contributed by atoms with van der Waals surface area (Å²) >= 11 is 0. The Morgan fingerprint density at radius 1 is 1.40 bits per heavy atom. The number of nitrogen functional groups attached to an aromatic ring is 1. The summed E-state index contributed by atoms with van der Waals surface area (Å²) in [5.41, 5.74) is 7.21. The predicted molar refractivity (Wildman–Crippen MR) is 75.8 cm³/mol. The van der Waals surface area contributed by atoms with Crippen LogP contribution in [0.25, 0.3) is 0 Å². The number of pyridine rings is 1. The first kappa shape index (κ1) is 14.0. The third kappa shape index (κ3) is 3.32. The molecule has 4 nitrogen and oxygen atoms in total. The zero-order chi connectivity index (χ0) is 14.5. The van der Waals surface area contributed by atoms with Crippen LogP contribution in [0, 0.1) is 12.7 Å². The van der Waals surface area contributed by atoms with Crippen LogP contribution in [0.2, 0.25) is 0 Å². The SMILES string of the molecule is Cc1cc(N)cc(C(=O)NCCc2ccccn2)c1F. The van der Waals surface area contributed by atoms with E-state index in [1.165, 1.54) is 12.1 Å². The summed E-state index contributed by atoms with van der Waals surface area (Å²) < 4.78 is 13.9. The molecule has 0 aliphatic rings. The van der Waals surface area contributed by atoms with Crippen LogP contribution in [0.1, 0.15) is 21.6 Å². The van der Waals surface area contributed by atoms with Gasteiger partial charge in [0.15, 0.2) is 0 Å². The molecule has 5 heteroatoms. The second-order valence-electron chi connectivity index (χ2n) is 4.53. The van der Waals surface area contributed by atoms with Crippen LogP contribution >= 0.6 is 0 Å². The van der Waals surface area contributed by atoms with E-state index < -0.39 is 11.7 Å². The van der Waals surface area contributed by atoms with Crippen molar-refractivity contribution in [3.63, 3.8) is 0 Å². The number of nitrogens with zero attached hydrogens (tertiary/aromatic N) is 1. The molecule has 0 spiro atoms. The van der Waals surface area contributed by atoms with Gasteiger partial charge < -0.3 is 11.1 Å². The molecule has 104 valence electrons. The fourth-order valence-corrected chi connectivity index (χ4v) is 1.91. The number of aromatic nitrogens is 1. The van der Waals surface area contributed by atoms with E-state index in [0.717, 1.165) is 5.69 Å². The third-order valence-corrected chi connectivity index (χ3v) is 2.91. The highest BCUT2D eigenvalue weighted by atomic mass is 19.1. The third-order valence-electron chi connectivity index (χ3n) is 2.91. The second kappa shape index (κ2) is 6.14. The molecule has 0 aliphatic carbocycles. The topological polar surface area (TPSA) is 68.0 Å². The van der Waals surface area contributed by atoms with Crippen LogP contribution in [0.15, 0.2) is 36.5 Å². The van der Waals surface area contributed by atoms with Gasteiger partial charge in [0.2, 0.25) is 0 Å². The fourth-order valence-electron chi connectivity index (χ4n) is 1.91. The van der Waals surface area contributed by atoms with Crippen molar-refractivity contribution in [1.82, 2.24) is 10.3 Å². The number of anilines is 1. The molecule has 1 aromatic carbocycles. The molecule has 1 heterocycles. The summed E-state index contributed by atoms with van der Waals surface area (Å²) in [7, 11) is 0.